The van der Waals surface area contributed by atoms with E-state index in [4.69, 9.17) is 14.4 Å². The maximum absolute atomic E-state index is 6.70. The Morgan fingerprint density at radius 3 is 2.05 bits per heavy atom. The number of aromatic nitrogens is 1. The van der Waals surface area contributed by atoms with E-state index in [-0.39, 0.29) is 6.17 Å². The minimum atomic E-state index is -0.321. The summed E-state index contributed by atoms with van der Waals surface area (Å²) in [5.41, 5.74) is 10.4. The second kappa shape index (κ2) is 12.6. The van der Waals surface area contributed by atoms with Crippen molar-refractivity contribution in [1.29, 1.82) is 0 Å². The Morgan fingerprint density at radius 2 is 1.21 bits per heavy atom. The molecule has 0 radical (unpaired) electrons. The van der Waals surface area contributed by atoms with Gasteiger partial charge in [0.25, 0.3) is 0 Å². The lowest BCUT2D eigenvalue weighted by Crippen LogP contribution is -2.33. The van der Waals surface area contributed by atoms with Crippen molar-refractivity contribution in [2.75, 3.05) is 0 Å². The zero-order valence-electron chi connectivity index (χ0n) is 30.6. The van der Waals surface area contributed by atoms with Crippen molar-refractivity contribution in [3.8, 4) is 16.8 Å². The number of nitrogens with one attached hydrogen (secondary N) is 1. The Labute approximate surface area is 331 Å². The Balaban J connectivity index is 1.01. The molecule has 0 saturated carbocycles. The quantitative estimate of drug-likeness (QED) is 0.191. The summed E-state index contributed by atoms with van der Waals surface area (Å²) in [5, 5.41) is 10.9. The molecule has 5 nitrogen and oxygen atoms in total. The molecule has 11 aromatic rings. The molecule has 0 fully saturated rings. The van der Waals surface area contributed by atoms with Gasteiger partial charge in [-0.1, -0.05) is 140 Å². The Kier molecular flexibility index (Phi) is 7.09. The van der Waals surface area contributed by atoms with Gasteiger partial charge in [-0.3, -0.25) is 0 Å². The first kappa shape index (κ1) is 32.0. The third-order valence-electron chi connectivity index (χ3n) is 11.3. The van der Waals surface area contributed by atoms with E-state index < -0.39 is 0 Å². The number of rotatable bonds is 5. The van der Waals surface area contributed by atoms with E-state index in [1.807, 2.05) is 35.6 Å². The fraction of sp³-hybridized carbons (Fsp3) is 0.0196. The summed E-state index contributed by atoms with van der Waals surface area (Å²) in [5.74, 6) is 1.44. The number of thiophene rings is 1. The van der Waals surface area contributed by atoms with E-state index >= 15 is 0 Å². The van der Waals surface area contributed by atoms with Gasteiger partial charge >= 0.3 is 0 Å². The zero-order valence-corrected chi connectivity index (χ0v) is 31.4. The zero-order chi connectivity index (χ0) is 37.5. The summed E-state index contributed by atoms with van der Waals surface area (Å²) in [4.78, 5) is 10.3. The Bertz CT molecular complexity index is 3430. The average Bonchev–Trinajstić information content (AvgIpc) is 3.96. The van der Waals surface area contributed by atoms with Crippen LogP contribution in [-0.4, -0.2) is 16.2 Å². The van der Waals surface area contributed by atoms with Crippen molar-refractivity contribution in [3.05, 3.63) is 199 Å². The van der Waals surface area contributed by atoms with Gasteiger partial charge in [0.1, 0.15) is 23.2 Å². The first-order valence-corrected chi connectivity index (χ1v) is 20.0. The number of para-hydroxylation sites is 1. The first-order valence-electron chi connectivity index (χ1n) is 19.2. The number of hydrogen-bond donors (Lipinski definition) is 1. The first-order chi connectivity index (χ1) is 28.2. The minimum absolute atomic E-state index is 0.321. The van der Waals surface area contributed by atoms with E-state index in [0.29, 0.717) is 5.84 Å². The molecule has 8 aromatic carbocycles. The number of hydrogen-bond acceptors (Lipinski definition) is 5. The molecule has 1 atom stereocenters. The number of amidine groups is 2. The van der Waals surface area contributed by atoms with Crippen molar-refractivity contribution in [1.82, 2.24) is 9.88 Å². The summed E-state index contributed by atoms with van der Waals surface area (Å²) in [6.45, 7) is 0. The number of benzene rings is 8. The molecule has 0 saturated heterocycles. The van der Waals surface area contributed by atoms with Crippen molar-refractivity contribution >= 4 is 86.9 Å². The normalized spacial score (nSPS) is 14.5. The highest BCUT2D eigenvalue weighted by Gasteiger charge is 2.24. The Morgan fingerprint density at radius 1 is 0.509 bits per heavy atom. The van der Waals surface area contributed by atoms with Gasteiger partial charge in [-0.2, -0.15) is 0 Å². The van der Waals surface area contributed by atoms with Crippen molar-refractivity contribution < 1.29 is 4.42 Å². The van der Waals surface area contributed by atoms with E-state index in [1.54, 1.807) is 0 Å². The van der Waals surface area contributed by atoms with Crippen LogP contribution in [0.1, 0.15) is 22.9 Å². The van der Waals surface area contributed by atoms with Gasteiger partial charge in [0.2, 0.25) is 0 Å². The summed E-state index contributed by atoms with van der Waals surface area (Å²) < 4.78 is 11.7. The van der Waals surface area contributed by atoms with Crippen molar-refractivity contribution in [2.45, 2.75) is 6.17 Å². The van der Waals surface area contributed by atoms with Crippen LogP contribution in [0.25, 0.3) is 80.7 Å². The topological polar surface area (TPSA) is 54.8 Å². The largest absolute Gasteiger partial charge is 0.456 e. The van der Waals surface area contributed by atoms with Gasteiger partial charge in [0.05, 0.1) is 22.1 Å². The standard InChI is InChI=1S/C51H32N4OS/c1-3-12-31(13-4-1)32-22-24-34(25-23-32)50-52-49(33-14-5-2-6-15-33)53-51(54-50)35-26-27-39-44(30-35)56-43-20-11-19-41(46(39)43)55-40-18-9-7-17-38(40)47-42(55)29-28-37-36-16-8-10-21-45(36)57-48(37)47/h1-30,50H,(H,52,53,54). The molecule has 0 aliphatic carbocycles. The van der Waals surface area contributed by atoms with Gasteiger partial charge in [-0.15, -0.1) is 11.3 Å². The number of nitrogens with zero attached hydrogens (tertiary/aromatic N) is 3. The Hall–Kier alpha value is -7.28. The molecule has 0 bridgehead atoms. The van der Waals surface area contributed by atoms with E-state index in [9.17, 15) is 0 Å². The second-order valence-electron chi connectivity index (χ2n) is 14.6. The molecule has 1 aliphatic rings. The van der Waals surface area contributed by atoms with Crippen LogP contribution in [0, 0.1) is 0 Å². The minimum Gasteiger partial charge on any atom is -0.456 e. The third-order valence-corrected chi connectivity index (χ3v) is 12.5. The lowest BCUT2D eigenvalue weighted by molar-refractivity contribution is 0.667. The van der Waals surface area contributed by atoms with Gasteiger partial charge in [-0.25, -0.2) is 9.98 Å². The predicted octanol–water partition coefficient (Wildman–Crippen LogP) is 13.2. The lowest BCUT2D eigenvalue weighted by Gasteiger charge is -2.24. The maximum Gasteiger partial charge on any atom is 0.159 e. The maximum atomic E-state index is 6.70. The van der Waals surface area contributed by atoms with Crippen LogP contribution in [0.2, 0.25) is 0 Å². The van der Waals surface area contributed by atoms with Crippen molar-refractivity contribution in [2.24, 2.45) is 9.98 Å². The highest BCUT2D eigenvalue weighted by Crippen LogP contribution is 2.45. The number of aliphatic imine (C=N–C) groups is 2. The molecule has 12 rings (SSSR count). The summed E-state index contributed by atoms with van der Waals surface area (Å²) in [6.07, 6.45) is -0.321. The highest BCUT2D eigenvalue weighted by atomic mass is 32.1. The van der Waals surface area contributed by atoms with Gasteiger partial charge in [0, 0.05) is 47.5 Å². The van der Waals surface area contributed by atoms with Gasteiger partial charge in [0.15, 0.2) is 5.84 Å². The lowest BCUT2D eigenvalue weighted by atomic mass is 10.0. The smallest absolute Gasteiger partial charge is 0.159 e. The molecule has 268 valence electrons. The molecule has 4 heterocycles. The van der Waals surface area contributed by atoms with E-state index in [0.717, 1.165) is 50.2 Å². The number of fused-ring (bicyclic) bond motifs is 10. The summed E-state index contributed by atoms with van der Waals surface area (Å²) in [7, 11) is 0. The molecular weight excluding hydrogens is 717 g/mol. The second-order valence-corrected chi connectivity index (χ2v) is 15.6. The fourth-order valence-electron chi connectivity index (χ4n) is 8.61. The number of furan rings is 1. The summed E-state index contributed by atoms with van der Waals surface area (Å²) >= 11 is 1.88. The van der Waals surface area contributed by atoms with Gasteiger partial charge in [-0.05, 0) is 59.2 Å². The molecule has 1 N–H and O–H groups in total. The molecule has 0 amide bonds. The van der Waals surface area contributed by atoms with E-state index in [2.05, 4.69) is 168 Å². The SMILES string of the molecule is c1ccc(C2=NC(c3ccc4c(c3)oc3cccc(-n5c6ccccc6c6c7sc8ccccc8c7ccc65)c34)=NC(c3ccc(-c4ccccc4)cc3)N2)cc1. The van der Waals surface area contributed by atoms with Crippen LogP contribution in [0.3, 0.4) is 0 Å². The van der Waals surface area contributed by atoms with Crippen LogP contribution in [-0.2, 0) is 0 Å². The molecule has 57 heavy (non-hydrogen) atoms. The monoisotopic (exact) mass is 748 g/mol. The predicted molar refractivity (Wildman–Crippen MR) is 238 cm³/mol. The molecule has 0 spiro atoms. The van der Waals surface area contributed by atoms with Crippen LogP contribution >= 0.6 is 11.3 Å². The average molecular weight is 749 g/mol. The van der Waals surface area contributed by atoms with Gasteiger partial charge < -0.3 is 14.3 Å². The van der Waals surface area contributed by atoms with Crippen LogP contribution in [0.5, 0.6) is 0 Å². The van der Waals surface area contributed by atoms with Crippen LogP contribution in [0.4, 0.5) is 0 Å². The molecule has 1 aliphatic heterocycles. The molecule has 3 aromatic heterocycles. The van der Waals surface area contributed by atoms with Crippen LogP contribution < -0.4 is 5.32 Å². The highest BCUT2D eigenvalue weighted by molar-refractivity contribution is 7.26. The van der Waals surface area contributed by atoms with E-state index in [1.165, 1.54) is 53.1 Å². The van der Waals surface area contributed by atoms with Crippen molar-refractivity contribution in [3.63, 3.8) is 0 Å². The van der Waals surface area contributed by atoms with Crippen LogP contribution in [0.15, 0.2) is 196 Å². The third kappa shape index (κ3) is 5.08. The molecule has 1 unspecified atom stereocenters. The summed E-state index contributed by atoms with van der Waals surface area (Å²) in [6, 6.07) is 64.2. The fourth-order valence-corrected chi connectivity index (χ4v) is 9.87. The molecule has 6 heteroatoms. The molecular formula is C51H32N4OS.